The van der Waals surface area contributed by atoms with E-state index in [0.29, 0.717) is 12.1 Å². The molecule has 0 unspecified atom stereocenters. The molecule has 0 saturated heterocycles. The fourth-order valence-electron chi connectivity index (χ4n) is 1.33. The average Bonchev–Trinajstić information content (AvgIpc) is 1.87. The van der Waals surface area contributed by atoms with Gasteiger partial charge in [0.05, 0.1) is 25.7 Å². The third-order valence-corrected chi connectivity index (χ3v) is 2.94. The zero-order chi connectivity index (χ0) is 9.07. The van der Waals surface area contributed by atoms with E-state index in [1.165, 1.54) is 0 Å². The average molecular weight is 240 g/mol. The van der Waals surface area contributed by atoms with Crippen LogP contribution in [0.2, 0.25) is 0 Å². The van der Waals surface area contributed by atoms with Crippen LogP contribution in [-0.4, -0.2) is 41.9 Å². The molecule has 0 heterocycles. The number of likely N-dealkylation sites (N-methyl/N-ethyl adjacent to an activating group) is 1. The van der Waals surface area contributed by atoms with Crippen molar-refractivity contribution in [3.8, 4) is 0 Å². The summed E-state index contributed by atoms with van der Waals surface area (Å²) < 4.78 is 0.955. The second kappa shape index (κ2) is 5.95. The van der Waals surface area contributed by atoms with Crippen molar-refractivity contribution in [1.82, 2.24) is 0 Å². The quantitative estimate of drug-likeness (QED) is 0.578. The summed E-state index contributed by atoms with van der Waals surface area (Å²) in [4.78, 5) is 0. The highest BCUT2D eigenvalue weighted by Gasteiger charge is 2.28. The first kappa shape index (κ1) is 14.9. The SMILES string of the molecule is CC(C)[N+](C)(CCO)C(C)C.[Br-]. The van der Waals surface area contributed by atoms with Crippen LogP contribution in [0, 0.1) is 0 Å². The van der Waals surface area contributed by atoms with Crippen LogP contribution in [-0.2, 0) is 0 Å². The molecular weight excluding hydrogens is 218 g/mol. The molecule has 0 saturated carbocycles. The summed E-state index contributed by atoms with van der Waals surface area (Å²) in [6.45, 7) is 9.96. The molecule has 0 aromatic carbocycles. The first-order valence-electron chi connectivity index (χ1n) is 4.41. The van der Waals surface area contributed by atoms with Gasteiger partial charge in [-0.3, -0.25) is 0 Å². The van der Waals surface area contributed by atoms with Crippen molar-refractivity contribution >= 4 is 0 Å². The Hall–Kier alpha value is 0.400. The largest absolute Gasteiger partial charge is 1.00 e. The maximum absolute atomic E-state index is 8.88. The Bertz CT molecular complexity index is 107. The lowest BCUT2D eigenvalue weighted by molar-refractivity contribution is -0.949. The zero-order valence-electron chi connectivity index (χ0n) is 8.84. The Kier molecular flexibility index (Phi) is 7.38. The molecule has 0 aromatic heterocycles. The van der Waals surface area contributed by atoms with Gasteiger partial charge in [-0.1, -0.05) is 0 Å². The predicted octanol–water partition coefficient (Wildman–Crippen LogP) is -1.75. The van der Waals surface area contributed by atoms with Gasteiger partial charge in [0.25, 0.3) is 0 Å². The van der Waals surface area contributed by atoms with Crippen LogP contribution >= 0.6 is 0 Å². The smallest absolute Gasteiger partial charge is 0.102 e. The number of quaternary nitrogens is 1. The Labute approximate surface area is 86.9 Å². The van der Waals surface area contributed by atoms with Crippen LogP contribution in [0.15, 0.2) is 0 Å². The standard InChI is InChI=1S/C9H22NO.BrH/c1-8(2)10(5,6-7-11)9(3)4;/h8-9,11H,6-7H2,1-5H3;1H/q+1;/p-1. The zero-order valence-corrected chi connectivity index (χ0v) is 10.4. The van der Waals surface area contributed by atoms with Gasteiger partial charge in [0, 0.05) is 0 Å². The monoisotopic (exact) mass is 239 g/mol. The van der Waals surface area contributed by atoms with Gasteiger partial charge in [0.1, 0.15) is 6.54 Å². The Balaban J connectivity index is 0. The second-order valence-corrected chi connectivity index (χ2v) is 3.98. The highest BCUT2D eigenvalue weighted by atomic mass is 79.9. The first-order valence-corrected chi connectivity index (χ1v) is 4.41. The van der Waals surface area contributed by atoms with Gasteiger partial charge >= 0.3 is 0 Å². The highest BCUT2D eigenvalue weighted by Crippen LogP contribution is 2.14. The summed E-state index contributed by atoms with van der Waals surface area (Å²) in [5, 5.41) is 8.88. The number of aliphatic hydroxyl groups is 1. The van der Waals surface area contributed by atoms with E-state index in [-0.39, 0.29) is 23.6 Å². The Morgan fingerprint density at radius 1 is 1.08 bits per heavy atom. The third kappa shape index (κ3) is 3.42. The number of aliphatic hydroxyl groups excluding tert-OH is 1. The van der Waals surface area contributed by atoms with E-state index < -0.39 is 0 Å². The van der Waals surface area contributed by atoms with E-state index in [2.05, 4.69) is 34.7 Å². The van der Waals surface area contributed by atoms with Crippen LogP contribution in [0.1, 0.15) is 27.7 Å². The van der Waals surface area contributed by atoms with Gasteiger partial charge < -0.3 is 26.6 Å². The third-order valence-electron chi connectivity index (χ3n) is 2.94. The molecule has 0 amide bonds. The molecule has 3 heteroatoms. The molecule has 0 aliphatic rings. The van der Waals surface area contributed by atoms with Crippen LogP contribution < -0.4 is 17.0 Å². The minimum Gasteiger partial charge on any atom is -1.00 e. The molecule has 2 nitrogen and oxygen atoms in total. The number of halogens is 1. The molecule has 0 bridgehead atoms. The molecule has 12 heavy (non-hydrogen) atoms. The number of hydrogen-bond acceptors (Lipinski definition) is 1. The van der Waals surface area contributed by atoms with Gasteiger partial charge in [-0.25, -0.2) is 0 Å². The van der Waals surface area contributed by atoms with Crippen LogP contribution in [0.3, 0.4) is 0 Å². The van der Waals surface area contributed by atoms with Gasteiger partial charge in [-0.15, -0.1) is 0 Å². The molecular formula is C9H22BrNO. The van der Waals surface area contributed by atoms with E-state index in [1.54, 1.807) is 0 Å². The van der Waals surface area contributed by atoms with Crippen molar-refractivity contribution in [2.45, 2.75) is 39.8 Å². The summed E-state index contributed by atoms with van der Waals surface area (Å²) >= 11 is 0. The molecule has 0 aliphatic carbocycles. The lowest BCUT2D eigenvalue weighted by Crippen LogP contribution is -3.00. The summed E-state index contributed by atoms with van der Waals surface area (Å²) in [6.07, 6.45) is 0. The van der Waals surface area contributed by atoms with E-state index in [0.717, 1.165) is 11.0 Å². The predicted molar refractivity (Wildman–Crippen MR) is 48.4 cm³/mol. The minimum absolute atomic E-state index is 0. The van der Waals surface area contributed by atoms with Gasteiger partial charge in [0.2, 0.25) is 0 Å². The summed E-state index contributed by atoms with van der Waals surface area (Å²) in [7, 11) is 2.20. The molecule has 0 spiro atoms. The fourth-order valence-corrected chi connectivity index (χ4v) is 1.33. The normalized spacial score (nSPS) is 12.0. The number of rotatable bonds is 4. The molecule has 0 aromatic rings. The van der Waals surface area contributed by atoms with Crippen LogP contribution in [0.25, 0.3) is 0 Å². The van der Waals surface area contributed by atoms with Gasteiger partial charge in [-0.2, -0.15) is 0 Å². The fraction of sp³-hybridized carbons (Fsp3) is 1.00. The van der Waals surface area contributed by atoms with Crippen molar-refractivity contribution in [2.75, 3.05) is 20.2 Å². The maximum Gasteiger partial charge on any atom is 0.102 e. The van der Waals surface area contributed by atoms with E-state index in [1.807, 2.05) is 0 Å². The number of nitrogens with zero attached hydrogens (tertiary/aromatic N) is 1. The molecule has 0 aliphatic heterocycles. The van der Waals surface area contributed by atoms with E-state index in [4.69, 9.17) is 5.11 Å². The summed E-state index contributed by atoms with van der Waals surface area (Å²) in [5.74, 6) is 0. The lowest BCUT2D eigenvalue weighted by Gasteiger charge is -2.42. The lowest BCUT2D eigenvalue weighted by atomic mass is 10.1. The molecule has 76 valence electrons. The van der Waals surface area contributed by atoms with E-state index >= 15 is 0 Å². The summed E-state index contributed by atoms with van der Waals surface area (Å²) in [5.41, 5.74) is 0. The van der Waals surface area contributed by atoms with Crippen molar-refractivity contribution in [2.24, 2.45) is 0 Å². The van der Waals surface area contributed by atoms with Gasteiger partial charge in [0.15, 0.2) is 0 Å². The van der Waals surface area contributed by atoms with E-state index in [9.17, 15) is 0 Å². The van der Waals surface area contributed by atoms with Crippen molar-refractivity contribution in [3.63, 3.8) is 0 Å². The Morgan fingerprint density at radius 2 is 1.42 bits per heavy atom. The molecule has 1 N–H and O–H groups in total. The maximum atomic E-state index is 8.88. The van der Waals surface area contributed by atoms with Crippen molar-refractivity contribution in [1.29, 1.82) is 0 Å². The molecule has 0 fully saturated rings. The minimum atomic E-state index is 0. The first-order chi connectivity index (χ1) is 4.95. The summed E-state index contributed by atoms with van der Waals surface area (Å²) in [6, 6.07) is 1.17. The van der Waals surface area contributed by atoms with Crippen molar-refractivity contribution < 1.29 is 26.6 Å². The molecule has 0 radical (unpaired) electrons. The molecule has 0 atom stereocenters. The van der Waals surface area contributed by atoms with Crippen LogP contribution in [0.5, 0.6) is 0 Å². The van der Waals surface area contributed by atoms with Gasteiger partial charge in [-0.05, 0) is 27.7 Å². The molecule has 0 rings (SSSR count). The second-order valence-electron chi connectivity index (χ2n) is 3.98. The van der Waals surface area contributed by atoms with Crippen LogP contribution in [0.4, 0.5) is 0 Å². The topological polar surface area (TPSA) is 20.2 Å². The van der Waals surface area contributed by atoms with Crippen molar-refractivity contribution in [3.05, 3.63) is 0 Å². The highest BCUT2D eigenvalue weighted by molar-refractivity contribution is 4.49. The number of hydrogen-bond donors (Lipinski definition) is 1. The Morgan fingerprint density at radius 3 is 1.50 bits per heavy atom.